The van der Waals surface area contributed by atoms with Crippen LogP contribution in [0.2, 0.25) is 0 Å². The number of rotatable bonds is 2. The van der Waals surface area contributed by atoms with E-state index in [9.17, 15) is 4.55 Å². The maximum Gasteiger partial charge on any atom is 0.118 e. The molecule has 1 unspecified atom stereocenters. The SMILES string of the molecule is C=CCN1C[CH]C[S+]([O-])CC1. The van der Waals surface area contributed by atoms with Crippen LogP contribution in [0.25, 0.3) is 0 Å². The summed E-state index contributed by atoms with van der Waals surface area (Å²) < 4.78 is 11.1. The van der Waals surface area contributed by atoms with Crippen molar-refractivity contribution >= 4 is 11.2 Å². The van der Waals surface area contributed by atoms with E-state index in [2.05, 4.69) is 17.9 Å². The summed E-state index contributed by atoms with van der Waals surface area (Å²) in [5, 5.41) is 0. The van der Waals surface area contributed by atoms with E-state index in [0.717, 1.165) is 31.1 Å². The van der Waals surface area contributed by atoms with Crippen molar-refractivity contribution in [1.29, 1.82) is 0 Å². The highest BCUT2D eigenvalue weighted by Crippen LogP contribution is 2.03. The largest absolute Gasteiger partial charge is 0.616 e. The molecule has 0 aromatic rings. The lowest BCUT2D eigenvalue weighted by molar-refractivity contribution is 0.350. The summed E-state index contributed by atoms with van der Waals surface area (Å²) in [7, 11) is 0. The summed E-state index contributed by atoms with van der Waals surface area (Å²) in [6.45, 7) is 6.48. The van der Waals surface area contributed by atoms with E-state index >= 15 is 0 Å². The van der Waals surface area contributed by atoms with E-state index in [1.165, 1.54) is 0 Å². The predicted octanol–water partition coefficient (Wildman–Crippen LogP) is 0.441. The molecule has 1 saturated heterocycles. The summed E-state index contributed by atoms with van der Waals surface area (Å²) >= 11 is -0.613. The van der Waals surface area contributed by atoms with Gasteiger partial charge in [0.25, 0.3) is 0 Å². The molecule has 0 spiro atoms. The maximum absolute atomic E-state index is 11.1. The number of hydrogen-bond donors (Lipinski definition) is 0. The van der Waals surface area contributed by atoms with Crippen molar-refractivity contribution in [3.05, 3.63) is 19.1 Å². The van der Waals surface area contributed by atoms with Gasteiger partial charge >= 0.3 is 0 Å². The molecule has 1 atom stereocenters. The Morgan fingerprint density at radius 3 is 3.27 bits per heavy atom. The third kappa shape index (κ3) is 3.27. The molecule has 0 aromatic heterocycles. The summed E-state index contributed by atoms with van der Waals surface area (Å²) in [6, 6.07) is 0. The van der Waals surface area contributed by atoms with Gasteiger partial charge in [-0.1, -0.05) is 17.3 Å². The fourth-order valence-electron chi connectivity index (χ4n) is 1.12. The van der Waals surface area contributed by atoms with Crippen molar-refractivity contribution in [2.75, 3.05) is 31.1 Å². The molecule has 0 N–H and O–H groups in total. The van der Waals surface area contributed by atoms with Crippen LogP contribution < -0.4 is 0 Å². The normalized spacial score (nSPS) is 27.9. The molecular weight excluding hydrogens is 158 g/mol. The van der Waals surface area contributed by atoms with Gasteiger partial charge in [0, 0.05) is 26.1 Å². The lowest BCUT2D eigenvalue weighted by Crippen LogP contribution is -2.27. The lowest BCUT2D eigenvalue weighted by atomic mass is 10.4. The van der Waals surface area contributed by atoms with Gasteiger partial charge in [-0.25, -0.2) is 0 Å². The first kappa shape index (κ1) is 9.10. The van der Waals surface area contributed by atoms with E-state index in [1.54, 1.807) is 0 Å². The van der Waals surface area contributed by atoms with Crippen LogP contribution in [0.1, 0.15) is 0 Å². The van der Waals surface area contributed by atoms with Crippen molar-refractivity contribution in [2.45, 2.75) is 0 Å². The van der Waals surface area contributed by atoms with Gasteiger partial charge in [-0.15, -0.1) is 6.58 Å². The summed E-state index contributed by atoms with van der Waals surface area (Å²) in [4.78, 5) is 2.25. The van der Waals surface area contributed by atoms with Crippen LogP contribution in [-0.2, 0) is 11.2 Å². The third-order valence-corrected chi connectivity index (χ3v) is 2.96. The Hall–Kier alpha value is 0.01000. The van der Waals surface area contributed by atoms with E-state index in [0.29, 0.717) is 0 Å². The standard InChI is InChI=1S/C8H14NOS/c1-2-4-9-5-3-7-11(10)8-6-9/h2-3H,1,4-8H2. The lowest BCUT2D eigenvalue weighted by Gasteiger charge is -2.15. The van der Waals surface area contributed by atoms with Crippen molar-refractivity contribution in [3.63, 3.8) is 0 Å². The Kier molecular flexibility index (Phi) is 3.97. The van der Waals surface area contributed by atoms with Crippen LogP contribution >= 0.6 is 0 Å². The minimum atomic E-state index is -0.613. The average molecular weight is 172 g/mol. The molecule has 2 nitrogen and oxygen atoms in total. The summed E-state index contributed by atoms with van der Waals surface area (Å²) in [6.07, 6.45) is 3.98. The van der Waals surface area contributed by atoms with Gasteiger partial charge in [0.2, 0.25) is 0 Å². The minimum Gasteiger partial charge on any atom is -0.616 e. The molecule has 63 valence electrons. The first-order valence-electron chi connectivity index (χ1n) is 3.83. The smallest absolute Gasteiger partial charge is 0.118 e. The molecule has 1 fully saturated rings. The van der Waals surface area contributed by atoms with Crippen molar-refractivity contribution in [1.82, 2.24) is 4.90 Å². The zero-order chi connectivity index (χ0) is 8.10. The van der Waals surface area contributed by atoms with Crippen molar-refractivity contribution in [2.24, 2.45) is 0 Å². The second-order valence-electron chi connectivity index (χ2n) is 2.65. The zero-order valence-corrected chi connectivity index (χ0v) is 7.48. The van der Waals surface area contributed by atoms with E-state index < -0.39 is 11.2 Å². The highest BCUT2D eigenvalue weighted by molar-refractivity contribution is 7.91. The van der Waals surface area contributed by atoms with Gasteiger partial charge in [0.05, 0.1) is 0 Å². The highest BCUT2D eigenvalue weighted by atomic mass is 32.2. The fraction of sp³-hybridized carbons (Fsp3) is 0.625. The first-order valence-corrected chi connectivity index (χ1v) is 5.31. The number of hydrogen-bond acceptors (Lipinski definition) is 2. The van der Waals surface area contributed by atoms with Gasteiger partial charge in [-0.3, -0.25) is 4.90 Å². The molecule has 11 heavy (non-hydrogen) atoms. The van der Waals surface area contributed by atoms with Crippen LogP contribution in [0.3, 0.4) is 0 Å². The van der Waals surface area contributed by atoms with Crippen LogP contribution in [0.4, 0.5) is 0 Å². The van der Waals surface area contributed by atoms with Crippen molar-refractivity contribution in [3.8, 4) is 0 Å². The Morgan fingerprint density at radius 2 is 2.55 bits per heavy atom. The Bertz CT molecular complexity index is 129. The monoisotopic (exact) mass is 172 g/mol. The third-order valence-electron chi connectivity index (χ3n) is 1.71. The zero-order valence-electron chi connectivity index (χ0n) is 6.66. The topological polar surface area (TPSA) is 26.3 Å². The van der Waals surface area contributed by atoms with E-state index in [1.807, 2.05) is 6.08 Å². The fourth-order valence-corrected chi connectivity index (χ4v) is 2.12. The maximum atomic E-state index is 11.1. The molecule has 1 radical (unpaired) electrons. The highest BCUT2D eigenvalue weighted by Gasteiger charge is 2.15. The quantitative estimate of drug-likeness (QED) is 0.446. The van der Waals surface area contributed by atoms with Gasteiger partial charge in [0.1, 0.15) is 11.5 Å². The average Bonchev–Trinajstić information content (AvgIpc) is 2.17. The van der Waals surface area contributed by atoms with E-state index in [4.69, 9.17) is 0 Å². The van der Waals surface area contributed by atoms with Gasteiger partial charge < -0.3 is 4.55 Å². The van der Waals surface area contributed by atoms with Gasteiger partial charge in [-0.2, -0.15) is 0 Å². The molecule has 0 saturated carbocycles. The Labute approximate surface area is 71.5 Å². The molecule has 0 amide bonds. The summed E-state index contributed by atoms with van der Waals surface area (Å²) in [5.74, 6) is 1.57. The predicted molar refractivity (Wildman–Crippen MR) is 48.8 cm³/mol. The second-order valence-corrected chi connectivity index (χ2v) is 4.27. The van der Waals surface area contributed by atoms with Crippen molar-refractivity contribution < 1.29 is 4.55 Å². The van der Waals surface area contributed by atoms with Crippen LogP contribution in [0.15, 0.2) is 12.7 Å². The molecule has 0 aromatic carbocycles. The molecule has 0 aliphatic carbocycles. The van der Waals surface area contributed by atoms with Crippen LogP contribution in [-0.4, -0.2) is 40.6 Å². The van der Waals surface area contributed by atoms with Gasteiger partial charge in [0.15, 0.2) is 0 Å². The van der Waals surface area contributed by atoms with Crippen LogP contribution in [0.5, 0.6) is 0 Å². The van der Waals surface area contributed by atoms with Gasteiger partial charge in [-0.05, 0) is 0 Å². The van der Waals surface area contributed by atoms with E-state index in [-0.39, 0.29) is 0 Å². The molecular formula is C8H14NOS. The molecule has 3 heteroatoms. The molecule has 1 rings (SSSR count). The Morgan fingerprint density at radius 1 is 1.73 bits per heavy atom. The number of nitrogens with zero attached hydrogens (tertiary/aromatic N) is 1. The molecule has 1 aliphatic rings. The second kappa shape index (κ2) is 4.80. The molecule has 1 heterocycles. The molecule has 1 aliphatic heterocycles. The first-order chi connectivity index (χ1) is 5.33. The minimum absolute atomic E-state index is 0.613. The molecule has 0 bridgehead atoms. The van der Waals surface area contributed by atoms with Crippen LogP contribution in [0, 0.1) is 6.42 Å². The summed E-state index contributed by atoms with van der Waals surface area (Å²) in [5.41, 5.74) is 0. The Balaban J connectivity index is 2.27.